The summed E-state index contributed by atoms with van der Waals surface area (Å²) in [6.45, 7) is 0. The van der Waals surface area contributed by atoms with E-state index in [1.807, 2.05) is 0 Å². The minimum atomic E-state index is -4.71. The quantitative estimate of drug-likeness (QED) is 0.667. The first-order valence-corrected chi connectivity index (χ1v) is 8.75. The van der Waals surface area contributed by atoms with Crippen LogP contribution in [0.3, 0.4) is 0 Å². The number of carbonyl (C=O) groups is 1. The van der Waals surface area contributed by atoms with E-state index in [9.17, 15) is 18.0 Å². The number of benzene rings is 2. The Morgan fingerprint density at radius 3 is 2.50 bits per heavy atom. The minimum Gasteiger partial charge on any atom is -0.455 e. The first-order chi connectivity index (χ1) is 13.2. The molecule has 0 radical (unpaired) electrons. The number of hydrogen-bond acceptors (Lipinski definition) is 5. The molecule has 0 saturated carbocycles. The third-order valence-corrected chi connectivity index (χ3v) is 4.68. The van der Waals surface area contributed by atoms with Crippen LogP contribution in [0.15, 0.2) is 41.3 Å². The van der Waals surface area contributed by atoms with E-state index in [-0.39, 0.29) is 21.5 Å². The lowest BCUT2D eigenvalue weighted by Crippen LogP contribution is -2.18. The van der Waals surface area contributed by atoms with Crippen LogP contribution in [0.1, 0.15) is 16.7 Å². The number of hydrogen-bond donors (Lipinski definition) is 2. The molecule has 2 aromatic rings. The number of thioether (sulfide) groups is 1. The SMILES string of the molecule is N#Cc1ccc(Oc2ccc(/C=C3/SC(=N)NC3=O)cc2Cl)c(C(F)(F)F)c1. The van der Waals surface area contributed by atoms with Gasteiger partial charge in [0, 0.05) is 0 Å². The van der Waals surface area contributed by atoms with E-state index >= 15 is 0 Å². The number of nitrogens with one attached hydrogen (secondary N) is 2. The van der Waals surface area contributed by atoms with Crippen molar-refractivity contribution >= 4 is 40.5 Å². The normalized spacial score (nSPS) is 15.5. The molecule has 10 heteroatoms. The van der Waals surface area contributed by atoms with Crippen molar-refractivity contribution in [2.75, 3.05) is 0 Å². The van der Waals surface area contributed by atoms with Gasteiger partial charge in [-0.15, -0.1) is 0 Å². The predicted molar refractivity (Wildman–Crippen MR) is 99.1 cm³/mol. The van der Waals surface area contributed by atoms with Gasteiger partial charge in [0.2, 0.25) is 0 Å². The van der Waals surface area contributed by atoms with Crippen LogP contribution in [0.25, 0.3) is 6.08 Å². The van der Waals surface area contributed by atoms with Crippen molar-refractivity contribution in [3.05, 3.63) is 63.0 Å². The van der Waals surface area contributed by atoms with Gasteiger partial charge in [-0.25, -0.2) is 0 Å². The van der Waals surface area contributed by atoms with Gasteiger partial charge in [-0.1, -0.05) is 17.7 Å². The molecule has 142 valence electrons. The zero-order valence-electron chi connectivity index (χ0n) is 13.7. The number of amides is 1. The average molecular weight is 424 g/mol. The molecule has 1 heterocycles. The van der Waals surface area contributed by atoms with E-state index in [1.165, 1.54) is 30.3 Å². The molecule has 5 nitrogen and oxygen atoms in total. The van der Waals surface area contributed by atoms with Crippen molar-refractivity contribution in [1.29, 1.82) is 10.7 Å². The maximum absolute atomic E-state index is 13.2. The molecule has 2 aromatic carbocycles. The molecule has 2 N–H and O–H groups in total. The third-order valence-electron chi connectivity index (χ3n) is 3.55. The first kappa shape index (κ1) is 19.8. The Bertz CT molecular complexity index is 1060. The largest absolute Gasteiger partial charge is 0.455 e. The summed E-state index contributed by atoms with van der Waals surface area (Å²) in [6.07, 6.45) is -3.21. The van der Waals surface area contributed by atoms with Gasteiger partial charge in [0.15, 0.2) is 5.17 Å². The molecule has 3 rings (SSSR count). The van der Waals surface area contributed by atoms with E-state index in [2.05, 4.69) is 5.32 Å². The van der Waals surface area contributed by atoms with Crippen LogP contribution in [-0.4, -0.2) is 11.1 Å². The van der Waals surface area contributed by atoms with Gasteiger partial charge in [-0.05, 0) is 53.7 Å². The molecular formula is C18H9ClF3N3O2S. The number of carbonyl (C=O) groups excluding carboxylic acids is 1. The topological polar surface area (TPSA) is 86.0 Å². The van der Waals surface area contributed by atoms with Gasteiger partial charge in [0.25, 0.3) is 5.91 Å². The monoisotopic (exact) mass is 423 g/mol. The fraction of sp³-hybridized carbons (Fsp3) is 0.0556. The van der Waals surface area contributed by atoms with Crippen molar-refractivity contribution in [3.8, 4) is 17.6 Å². The maximum Gasteiger partial charge on any atom is 0.420 e. The molecule has 0 aromatic heterocycles. The van der Waals surface area contributed by atoms with Crippen molar-refractivity contribution in [2.24, 2.45) is 0 Å². The van der Waals surface area contributed by atoms with Gasteiger partial charge in [0.1, 0.15) is 11.5 Å². The fourth-order valence-corrected chi connectivity index (χ4v) is 3.24. The Morgan fingerprint density at radius 2 is 1.93 bits per heavy atom. The highest BCUT2D eigenvalue weighted by Crippen LogP contribution is 2.40. The Morgan fingerprint density at radius 1 is 1.21 bits per heavy atom. The van der Waals surface area contributed by atoms with Gasteiger partial charge in [-0.3, -0.25) is 10.2 Å². The summed E-state index contributed by atoms with van der Waals surface area (Å²) in [4.78, 5) is 11.9. The third kappa shape index (κ3) is 4.30. The smallest absolute Gasteiger partial charge is 0.420 e. The van der Waals surface area contributed by atoms with Crippen molar-refractivity contribution < 1.29 is 22.7 Å². The predicted octanol–water partition coefficient (Wildman–Crippen LogP) is 5.16. The second-order valence-corrected chi connectivity index (χ2v) is 6.97. The van der Waals surface area contributed by atoms with Gasteiger partial charge >= 0.3 is 6.18 Å². The molecule has 1 amide bonds. The lowest BCUT2D eigenvalue weighted by Gasteiger charge is -2.15. The van der Waals surface area contributed by atoms with Crippen LogP contribution >= 0.6 is 23.4 Å². The second kappa shape index (κ2) is 7.58. The van der Waals surface area contributed by atoms with Crippen LogP contribution in [0, 0.1) is 16.7 Å². The number of halogens is 4. The standard InChI is InChI=1S/C18H9ClF3N3O2S/c19-12-6-9(7-15-16(26)25-17(24)28-15)1-4-14(12)27-13-3-2-10(8-23)5-11(13)18(20,21)22/h1-7H,(H2,24,25,26)/b15-7+. The van der Waals surface area contributed by atoms with Crippen LogP contribution in [0.2, 0.25) is 5.02 Å². The van der Waals surface area contributed by atoms with Crippen LogP contribution < -0.4 is 10.1 Å². The van der Waals surface area contributed by atoms with E-state index in [0.29, 0.717) is 16.5 Å². The summed E-state index contributed by atoms with van der Waals surface area (Å²) < 4.78 is 45.0. The van der Waals surface area contributed by atoms with Crippen molar-refractivity contribution in [1.82, 2.24) is 5.32 Å². The van der Waals surface area contributed by atoms with Crippen LogP contribution in [0.4, 0.5) is 13.2 Å². The van der Waals surface area contributed by atoms with E-state index in [0.717, 1.165) is 17.8 Å². The molecule has 28 heavy (non-hydrogen) atoms. The fourth-order valence-electron chi connectivity index (χ4n) is 2.31. The van der Waals surface area contributed by atoms with Crippen molar-refractivity contribution in [3.63, 3.8) is 0 Å². The Labute approximate surface area is 166 Å². The minimum absolute atomic E-state index is 0.00259. The van der Waals surface area contributed by atoms with Gasteiger partial charge in [-0.2, -0.15) is 18.4 Å². The Hall–Kier alpha value is -2.96. The molecule has 1 fully saturated rings. The van der Waals surface area contributed by atoms with E-state index in [4.69, 9.17) is 27.0 Å². The number of amidine groups is 1. The molecule has 0 bridgehead atoms. The zero-order chi connectivity index (χ0) is 20.5. The summed E-state index contributed by atoms with van der Waals surface area (Å²) >= 11 is 7.06. The molecular weight excluding hydrogens is 415 g/mol. The average Bonchev–Trinajstić information content (AvgIpc) is 2.93. The molecule has 1 aliphatic rings. The number of rotatable bonds is 3. The maximum atomic E-state index is 13.2. The van der Waals surface area contributed by atoms with Crippen molar-refractivity contribution in [2.45, 2.75) is 6.18 Å². The summed E-state index contributed by atoms with van der Waals surface area (Å²) in [5, 5.41) is 18.6. The van der Waals surface area contributed by atoms with E-state index < -0.39 is 23.4 Å². The lowest BCUT2D eigenvalue weighted by atomic mass is 10.1. The summed E-state index contributed by atoms with van der Waals surface area (Å²) in [7, 11) is 0. The Balaban J connectivity index is 1.91. The van der Waals surface area contributed by atoms with Crippen LogP contribution in [0.5, 0.6) is 11.5 Å². The first-order valence-electron chi connectivity index (χ1n) is 7.55. The highest BCUT2D eigenvalue weighted by molar-refractivity contribution is 8.18. The van der Waals surface area contributed by atoms with Gasteiger partial charge < -0.3 is 10.1 Å². The number of nitriles is 1. The second-order valence-electron chi connectivity index (χ2n) is 5.51. The molecule has 1 aliphatic heterocycles. The lowest BCUT2D eigenvalue weighted by molar-refractivity contribution is -0.138. The molecule has 0 aliphatic carbocycles. The molecule has 1 saturated heterocycles. The summed E-state index contributed by atoms with van der Waals surface area (Å²) in [5.41, 5.74) is -0.724. The highest BCUT2D eigenvalue weighted by atomic mass is 35.5. The number of ether oxygens (including phenoxy) is 1. The molecule has 0 unspecified atom stereocenters. The van der Waals surface area contributed by atoms with Gasteiger partial charge in [0.05, 0.1) is 27.1 Å². The molecule has 0 atom stereocenters. The van der Waals surface area contributed by atoms with Crippen LogP contribution in [-0.2, 0) is 11.0 Å². The number of nitrogens with zero attached hydrogens (tertiary/aromatic N) is 1. The summed E-state index contributed by atoms with van der Waals surface area (Å²) in [6, 6.07) is 8.93. The number of alkyl halides is 3. The van der Waals surface area contributed by atoms with E-state index in [1.54, 1.807) is 6.07 Å². The summed E-state index contributed by atoms with van der Waals surface area (Å²) in [5.74, 6) is -0.923. The highest BCUT2D eigenvalue weighted by Gasteiger charge is 2.35. The Kier molecular flexibility index (Phi) is 5.36. The molecule has 0 spiro atoms. The zero-order valence-corrected chi connectivity index (χ0v) is 15.3.